The number of anilines is 1. The normalized spacial score (nSPS) is 14.2. The fraction of sp³-hybridized carbons (Fsp3) is 0.294. The molecule has 0 saturated heterocycles. The lowest BCUT2D eigenvalue weighted by molar-refractivity contribution is -0.141. The van der Waals surface area contributed by atoms with Gasteiger partial charge in [0.1, 0.15) is 6.04 Å². The zero-order valence-corrected chi connectivity index (χ0v) is 25.9. The van der Waals surface area contributed by atoms with Crippen molar-refractivity contribution >= 4 is 49.9 Å². The number of benzene rings is 4. The third-order valence-electron chi connectivity index (χ3n) is 7.65. The van der Waals surface area contributed by atoms with Crippen molar-refractivity contribution in [2.75, 3.05) is 17.4 Å². The molecule has 1 heterocycles. The molecule has 7 nitrogen and oxygen atoms in total. The van der Waals surface area contributed by atoms with E-state index in [0.717, 1.165) is 16.5 Å². The number of hydrogen-bond acceptors (Lipinski definition) is 4. The Morgan fingerprint density at radius 1 is 0.884 bits per heavy atom. The van der Waals surface area contributed by atoms with Gasteiger partial charge in [-0.15, -0.1) is 0 Å². The lowest BCUT2D eigenvalue weighted by atomic mass is 10.0. The summed E-state index contributed by atoms with van der Waals surface area (Å²) in [5, 5.41) is 5.18. The zero-order chi connectivity index (χ0) is 30.6. The smallest absolute Gasteiger partial charge is 0.265 e. The average Bonchev–Trinajstić information content (AvgIpc) is 3.22. The van der Waals surface area contributed by atoms with Crippen LogP contribution in [0.2, 0.25) is 5.02 Å². The summed E-state index contributed by atoms with van der Waals surface area (Å²) in [5.41, 5.74) is 2.42. The lowest BCUT2D eigenvalue weighted by Crippen LogP contribution is -2.51. The molecule has 0 spiro atoms. The minimum absolute atomic E-state index is 0.0781. The minimum atomic E-state index is -3.72. The Hall–Kier alpha value is -3.88. The van der Waals surface area contributed by atoms with E-state index in [1.807, 2.05) is 74.5 Å². The van der Waals surface area contributed by atoms with Gasteiger partial charge in [0.15, 0.2) is 0 Å². The molecular formula is C34H36ClN3O4S. The first-order valence-corrected chi connectivity index (χ1v) is 16.4. The highest BCUT2D eigenvalue weighted by Gasteiger charge is 2.36. The van der Waals surface area contributed by atoms with Gasteiger partial charge in [0.2, 0.25) is 11.8 Å². The van der Waals surface area contributed by atoms with Gasteiger partial charge >= 0.3 is 0 Å². The average molecular weight is 618 g/mol. The Labute approximate surface area is 258 Å². The Kier molecular flexibility index (Phi) is 9.37. The second-order valence-electron chi connectivity index (χ2n) is 11.3. The third-order valence-corrected chi connectivity index (χ3v) is 9.76. The molecule has 5 rings (SSSR count). The Morgan fingerprint density at radius 2 is 1.58 bits per heavy atom. The number of halogens is 1. The van der Waals surface area contributed by atoms with Crippen LogP contribution in [0.3, 0.4) is 0 Å². The summed E-state index contributed by atoms with van der Waals surface area (Å²) in [6.07, 6.45) is 0.724. The van der Waals surface area contributed by atoms with Crippen molar-refractivity contribution in [3.05, 3.63) is 107 Å². The van der Waals surface area contributed by atoms with E-state index in [0.29, 0.717) is 40.4 Å². The molecule has 2 amide bonds. The summed E-state index contributed by atoms with van der Waals surface area (Å²) in [6, 6.07) is 26.9. The van der Waals surface area contributed by atoms with E-state index in [-0.39, 0.29) is 37.2 Å². The molecule has 0 aliphatic carbocycles. The van der Waals surface area contributed by atoms with Gasteiger partial charge in [0.05, 0.1) is 10.6 Å². The van der Waals surface area contributed by atoms with Gasteiger partial charge in [0, 0.05) is 42.9 Å². The molecule has 4 aromatic rings. The third kappa shape index (κ3) is 6.86. The van der Waals surface area contributed by atoms with Crippen molar-refractivity contribution in [1.29, 1.82) is 0 Å². The summed E-state index contributed by atoms with van der Waals surface area (Å²) in [7, 11) is -3.72. The molecule has 0 bridgehead atoms. The molecule has 0 unspecified atom stereocenters. The Morgan fingerprint density at radius 3 is 2.28 bits per heavy atom. The lowest BCUT2D eigenvalue weighted by Gasteiger charge is -2.32. The molecule has 1 aliphatic heterocycles. The minimum Gasteiger partial charge on any atom is -0.354 e. The molecule has 43 heavy (non-hydrogen) atoms. The fourth-order valence-electron chi connectivity index (χ4n) is 5.48. The number of carbonyl (C=O) groups excluding carboxylic acids is 2. The van der Waals surface area contributed by atoms with Gasteiger partial charge in [0.25, 0.3) is 10.0 Å². The molecule has 224 valence electrons. The van der Waals surface area contributed by atoms with Crippen LogP contribution in [-0.4, -0.2) is 44.3 Å². The zero-order valence-electron chi connectivity index (χ0n) is 24.4. The molecule has 4 aromatic carbocycles. The van der Waals surface area contributed by atoms with E-state index in [1.165, 1.54) is 4.31 Å². The van der Waals surface area contributed by atoms with Crippen molar-refractivity contribution < 1.29 is 18.0 Å². The summed E-state index contributed by atoms with van der Waals surface area (Å²) in [6.45, 7) is 4.91. The predicted octanol–water partition coefficient (Wildman–Crippen LogP) is 6.19. The molecule has 0 fully saturated rings. The van der Waals surface area contributed by atoms with Crippen molar-refractivity contribution in [1.82, 2.24) is 10.2 Å². The fourth-order valence-corrected chi connectivity index (χ4v) is 7.35. The largest absolute Gasteiger partial charge is 0.354 e. The molecule has 0 radical (unpaired) electrons. The maximum Gasteiger partial charge on any atom is 0.265 e. The number of nitrogens with one attached hydrogen (secondary N) is 1. The van der Waals surface area contributed by atoms with E-state index in [9.17, 15) is 18.0 Å². The highest BCUT2D eigenvalue weighted by molar-refractivity contribution is 7.93. The van der Waals surface area contributed by atoms with Crippen LogP contribution in [0.25, 0.3) is 10.8 Å². The molecule has 0 saturated carbocycles. The summed E-state index contributed by atoms with van der Waals surface area (Å²) < 4.78 is 28.3. The van der Waals surface area contributed by atoms with Crippen molar-refractivity contribution in [2.45, 2.75) is 50.6 Å². The van der Waals surface area contributed by atoms with Gasteiger partial charge in [-0.25, -0.2) is 8.42 Å². The Bertz CT molecular complexity index is 1700. The summed E-state index contributed by atoms with van der Waals surface area (Å²) in [5.74, 6) is -0.190. The summed E-state index contributed by atoms with van der Waals surface area (Å²) in [4.78, 5) is 29.5. The first-order chi connectivity index (χ1) is 20.6. The van der Waals surface area contributed by atoms with Crippen LogP contribution in [0.4, 0.5) is 5.69 Å². The second kappa shape index (κ2) is 13.2. The molecular weight excluding hydrogens is 582 g/mol. The number of amides is 2. The van der Waals surface area contributed by atoms with E-state index in [1.54, 1.807) is 35.2 Å². The Balaban J connectivity index is 1.39. The van der Waals surface area contributed by atoms with Crippen molar-refractivity contribution in [3.63, 3.8) is 0 Å². The maximum atomic E-state index is 14.0. The molecule has 0 aromatic heterocycles. The highest BCUT2D eigenvalue weighted by Crippen LogP contribution is 2.42. The predicted molar refractivity (Wildman–Crippen MR) is 171 cm³/mol. The van der Waals surface area contributed by atoms with Crippen LogP contribution in [0.1, 0.15) is 37.8 Å². The van der Waals surface area contributed by atoms with Gasteiger partial charge in [-0.1, -0.05) is 92.2 Å². The van der Waals surface area contributed by atoms with Gasteiger partial charge in [-0.2, -0.15) is 0 Å². The summed E-state index contributed by atoms with van der Waals surface area (Å²) >= 11 is 6.12. The number of nitrogens with zero attached hydrogens (tertiary/aromatic N) is 2. The van der Waals surface area contributed by atoms with Crippen LogP contribution in [0.5, 0.6) is 0 Å². The standard InChI is InChI=1S/C34H36ClN3O4S/c1-24(2)22-36-34(40)30(21-25-9-4-3-5-10-25)37(23-26-16-18-28(35)19-17-26)32(39)15-8-20-38-29-13-6-11-27-12-7-14-31(33(27)29)43(38,41)42/h3-7,9-14,16-19,24,30H,8,15,20-23H2,1-2H3,(H,36,40)/t30-/m0/s1. The van der Waals surface area contributed by atoms with Crippen LogP contribution < -0.4 is 9.62 Å². The molecule has 9 heteroatoms. The van der Waals surface area contributed by atoms with E-state index in [4.69, 9.17) is 11.6 Å². The van der Waals surface area contributed by atoms with Crippen LogP contribution in [0.15, 0.2) is 95.9 Å². The number of rotatable bonds is 12. The number of carbonyl (C=O) groups is 2. The number of sulfonamides is 1. The van der Waals surface area contributed by atoms with Gasteiger partial charge < -0.3 is 10.2 Å². The SMILES string of the molecule is CC(C)CNC(=O)[C@H](Cc1ccccc1)N(Cc1ccc(Cl)cc1)C(=O)CCCN1c2cccc3cccc(c23)S1(=O)=O. The quantitative estimate of drug-likeness (QED) is 0.205. The number of hydrogen-bond donors (Lipinski definition) is 1. The van der Waals surface area contributed by atoms with Crippen LogP contribution >= 0.6 is 11.6 Å². The van der Waals surface area contributed by atoms with Gasteiger partial charge in [-0.05, 0) is 53.1 Å². The van der Waals surface area contributed by atoms with E-state index < -0.39 is 16.1 Å². The second-order valence-corrected chi connectivity index (χ2v) is 13.6. The molecule has 1 atom stereocenters. The molecule has 1 N–H and O–H groups in total. The molecule has 1 aliphatic rings. The first kappa shape index (κ1) is 30.6. The van der Waals surface area contributed by atoms with E-state index in [2.05, 4.69) is 5.32 Å². The van der Waals surface area contributed by atoms with Crippen LogP contribution in [-0.2, 0) is 32.6 Å². The van der Waals surface area contributed by atoms with Crippen molar-refractivity contribution in [2.24, 2.45) is 5.92 Å². The first-order valence-electron chi connectivity index (χ1n) is 14.5. The van der Waals surface area contributed by atoms with Crippen LogP contribution in [0, 0.1) is 5.92 Å². The van der Waals surface area contributed by atoms with E-state index >= 15 is 0 Å². The monoisotopic (exact) mass is 617 g/mol. The maximum absolute atomic E-state index is 14.0. The van der Waals surface area contributed by atoms with Crippen molar-refractivity contribution in [3.8, 4) is 0 Å². The topological polar surface area (TPSA) is 86.8 Å². The highest BCUT2D eigenvalue weighted by atomic mass is 35.5. The van der Waals surface area contributed by atoms with Gasteiger partial charge in [-0.3, -0.25) is 13.9 Å².